The van der Waals surface area contributed by atoms with Crippen LogP contribution >= 0.6 is 46.5 Å². The van der Waals surface area contributed by atoms with E-state index in [0.29, 0.717) is 15.9 Å². The molecule has 1 aromatic carbocycles. The summed E-state index contributed by atoms with van der Waals surface area (Å²) in [6.07, 6.45) is 1.80. The maximum Gasteiger partial charge on any atom is 0.236 e. The number of hydrogen-bond acceptors (Lipinski definition) is 6. The van der Waals surface area contributed by atoms with E-state index in [4.69, 9.17) is 11.6 Å². The number of halogens is 1. The van der Waals surface area contributed by atoms with Crippen molar-refractivity contribution in [3.63, 3.8) is 0 Å². The van der Waals surface area contributed by atoms with E-state index in [2.05, 4.69) is 22.1 Å². The van der Waals surface area contributed by atoms with E-state index >= 15 is 0 Å². The molecule has 1 aromatic heterocycles. The van der Waals surface area contributed by atoms with Crippen molar-refractivity contribution in [1.29, 1.82) is 0 Å². The molecule has 0 radical (unpaired) electrons. The zero-order valence-electron chi connectivity index (χ0n) is 10.9. The van der Waals surface area contributed by atoms with Crippen LogP contribution in [0.2, 0.25) is 5.02 Å². The van der Waals surface area contributed by atoms with E-state index in [-0.39, 0.29) is 5.91 Å². The third-order valence-electron chi connectivity index (χ3n) is 2.16. The van der Waals surface area contributed by atoms with Crippen LogP contribution < -0.4 is 5.32 Å². The molecule has 2 aromatic rings. The summed E-state index contributed by atoms with van der Waals surface area (Å²) in [4.78, 5) is 12.8. The third kappa shape index (κ3) is 5.70. The maximum absolute atomic E-state index is 11.8. The zero-order chi connectivity index (χ0) is 15.1. The van der Waals surface area contributed by atoms with Crippen LogP contribution in [0.3, 0.4) is 0 Å². The second-order valence-corrected chi connectivity index (χ2v) is 7.49. The van der Waals surface area contributed by atoms with Crippen LogP contribution in [0.15, 0.2) is 46.2 Å². The Morgan fingerprint density at radius 1 is 1.33 bits per heavy atom. The van der Waals surface area contributed by atoms with Gasteiger partial charge in [0.15, 0.2) is 4.34 Å². The fourth-order valence-corrected chi connectivity index (χ4v) is 3.64. The lowest BCUT2D eigenvalue weighted by molar-refractivity contribution is -0.113. The third-order valence-corrected chi connectivity index (χ3v) is 5.39. The molecule has 110 valence electrons. The molecule has 4 nitrogen and oxygen atoms in total. The highest BCUT2D eigenvalue weighted by molar-refractivity contribution is 8.01. The molecule has 0 saturated heterocycles. The molecular formula is C13H12ClN3OS3. The van der Waals surface area contributed by atoms with Crippen LogP contribution in [-0.4, -0.2) is 27.6 Å². The van der Waals surface area contributed by atoms with E-state index in [9.17, 15) is 4.79 Å². The van der Waals surface area contributed by atoms with Gasteiger partial charge in [0.2, 0.25) is 11.0 Å². The van der Waals surface area contributed by atoms with Crippen molar-refractivity contribution in [3.8, 4) is 0 Å². The molecule has 0 aliphatic rings. The van der Waals surface area contributed by atoms with Gasteiger partial charge in [-0.15, -0.1) is 28.5 Å². The number of aromatic nitrogens is 2. The van der Waals surface area contributed by atoms with Crippen LogP contribution in [0.25, 0.3) is 0 Å². The first kappa shape index (κ1) is 16.4. The van der Waals surface area contributed by atoms with Gasteiger partial charge in [-0.2, -0.15) is 0 Å². The summed E-state index contributed by atoms with van der Waals surface area (Å²) in [6, 6.07) is 7.37. The molecule has 0 fully saturated rings. The Hall–Kier alpha value is -1.02. The van der Waals surface area contributed by atoms with Gasteiger partial charge >= 0.3 is 0 Å². The molecule has 8 heteroatoms. The molecule has 0 unspecified atom stereocenters. The maximum atomic E-state index is 11.8. The number of carbonyl (C=O) groups is 1. The standard InChI is InChI=1S/C13H12ClN3OS3/c1-2-7-19-13-17-16-12(21-13)15-11(18)8-20-10-5-3-9(14)4-6-10/h2-6H,1,7-8H2,(H,15,16,18). The topological polar surface area (TPSA) is 54.9 Å². The van der Waals surface area contributed by atoms with Gasteiger partial charge in [-0.3, -0.25) is 10.1 Å². The second kappa shape index (κ2) is 8.43. The number of nitrogens with one attached hydrogen (secondary N) is 1. The Morgan fingerprint density at radius 3 is 2.81 bits per heavy atom. The molecule has 1 heterocycles. The fourth-order valence-electron chi connectivity index (χ4n) is 1.28. The molecule has 2 rings (SSSR count). The van der Waals surface area contributed by atoms with Gasteiger partial charge in [-0.25, -0.2) is 0 Å². The van der Waals surface area contributed by atoms with Crippen LogP contribution in [-0.2, 0) is 4.79 Å². The van der Waals surface area contributed by atoms with Gasteiger partial charge in [0.25, 0.3) is 0 Å². The van der Waals surface area contributed by atoms with Crippen molar-refractivity contribution in [1.82, 2.24) is 10.2 Å². The minimum absolute atomic E-state index is 0.105. The first-order valence-corrected chi connectivity index (χ1v) is 9.09. The van der Waals surface area contributed by atoms with E-state index in [0.717, 1.165) is 15.0 Å². The number of nitrogens with zero attached hydrogens (tertiary/aromatic N) is 2. The number of carbonyl (C=O) groups excluding carboxylic acids is 1. The molecule has 0 atom stereocenters. The summed E-state index contributed by atoms with van der Waals surface area (Å²) in [6.45, 7) is 3.64. The molecule has 1 N–H and O–H groups in total. The molecular weight excluding hydrogens is 346 g/mol. The van der Waals surface area contributed by atoms with Crippen molar-refractivity contribution >= 4 is 57.5 Å². The smallest absolute Gasteiger partial charge is 0.236 e. The molecule has 0 aliphatic carbocycles. The largest absolute Gasteiger partial charge is 0.300 e. The molecule has 0 aliphatic heterocycles. The summed E-state index contributed by atoms with van der Waals surface area (Å²) in [7, 11) is 0. The second-order valence-electron chi connectivity index (χ2n) is 3.76. The first-order valence-electron chi connectivity index (χ1n) is 5.93. The van der Waals surface area contributed by atoms with E-state index in [1.807, 2.05) is 12.1 Å². The van der Waals surface area contributed by atoms with Crippen molar-refractivity contribution in [3.05, 3.63) is 41.9 Å². The number of hydrogen-bond donors (Lipinski definition) is 1. The van der Waals surface area contributed by atoms with Crippen LogP contribution in [0.1, 0.15) is 0 Å². The van der Waals surface area contributed by atoms with Gasteiger partial charge in [0.05, 0.1) is 5.75 Å². The Kier molecular flexibility index (Phi) is 6.56. The summed E-state index contributed by atoms with van der Waals surface area (Å²) < 4.78 is 0.815. The van der Waals surface area contributed by atoms with Gasteiger partial charge < -0.3 is 0 Å². The van der Waals surface area contributed by atoms with Gasteiger partial charge in [0.1, 0.15) is 0 Å². The van der Waals surface area contributed by atoms with Crippen LogP contribution in [0, 0.1) is 0 Å². The van der Waals surface area contributed by atoms with E-state index in [1.165, 1.54) is 34.9 Å². The zero-order valence-corrected chi connectivity index (χ0v) is 14.1. The Balaban J connectivity index is 1.80. The lowest BCUT2D eigenvalue weighted by atomic mass is 10.4. The van der Waals surface area contributed by atoms with Crippen LogP contribution in [0.4, 0.5) is 5.13 Å². The minimum atomic E-state index is -0.105. The molecule has 21 heavy (non-hydrogen) atoms. The van der Waals surface area contributed by atoms with Gasteiger partial charge in [-0.05, 0) is 24.3 Å². The highest BCUT2D eigenvalue weighted by Gasteiger charge is 2.08. The average molecular weight is 358 g/mol. The molecule has 0 spiro atoms. The monoisotopic (exact) mass is 357 g/mol. The van der Waals surface area contributed by atoms with Crippen molar-refractivity contribution in [2.75, 3.05) is 16.8 Å². The quantitative estimate of drug-likeness (QED) is 0.457. The Bertz CT molecular complexity index is 615. The lowest BCUT2D eigenvalue weighted by Gasteiger charge is -2.01. The molecule has 0 saturated carbocycles. The molecule has 0 bridgehead atoms. The SMILES string of the molecule is C=CCSc1nnc(NC(=O)CSc2ccc(Cl)cc2)s1. The average Bonchev–Trinajstić information content (AvgIpc) is 2.92. The minimum Gasteiger partial charge on any atom is -0.300 e. The van der Waals surface area contributed by atoms with Crippen molar-refractivity contribution < 1.29 is 4.79 Å². The highest BCUT2D eigenvalue weighted by atomic mass is 35.5. The van der Waals surface area contributed by atoms with E-state index in [1.54, 1.807) is 18.2 Å². The Morgan fingerprint density at radius 2 is 2.10 bits per heavy atom. The molecule has 1 amide bonds. The van der Waals surface area contributed by atoms with Crippen molar-refractivity contribution in [2.45, 2.75) is 9.24 Å². The van der Waals surface area contributed by atoms with Gasteiger partial charge in [-0.1, -0.05) is 40.8 Å². The number of rotatable bonds is 7. The number of anilines is 1. The number of thioether (sulfide) groups is 2. The van der Waals surface area contributed by atoms with E-state index < -0.39 is 0 Å². The summed E-state index contributed by atoms with van der Waals surface area (Å²) in [5.74, 6) is 0.983. The summed E-state index contributed by atoms with van der Waals surface area (Å²) >= 11 is 10.2. The van der Waals surface area contributed by atoms with Crippen LogP contribution in [0.5, 0.6) is 0 Å². The normalized spacial score (nSPS) is 10.3. The number of benzene rings is 1. The first-order chi connectivity index (χ1) is 10.2. The Labute approximate surface area is 140 Å². The van der Waals surface area contributed by atoms with Gasteiger partial charge in [0, 0.05) is 15.7 Å². The highest BCUT2D eigenvalue weighted by Crippen LogP contribution is 2.26. The van der Waals surface area contributed by atoms with Crippen molar-refractivity contribution in [2.24, 2.45) is 0 Å². The fraction of sp³-hybridized carbons (Fsp3) is 0.154. The summed E-state index contributed by atoms with van der Waals surface area (Å²) in [5, 5.41) is 11.9. The predicted octanol–water partition coefficient (Wildman–Crippen LogP) is 4.20. The number of amides is 1. The summed E-state index contributed by atoms with van der Waals surface area (Å²) in [5.41, 5.74) is 0. The predicted molar refractivity (Wildman–Crippen MR) is 91.6 cm³/mol. The lowest BCUT2D eigenvalue weighted by Crippen LogP contribution is -2.13.